The molecule has 2 aromatic rings. The Kier molecular flexibility index (Phi) is 5.19. The Hall–Kier alpha value is -2.86. The molecule has 6 heteroatoms. The summed E-state index contributed by atoms with van der Waals surface area (Å²) in [6.07, 6.45) is -1.08. The number of carboxylic acids is 1. The fraction of sp³-hybridized carbons (Fsp3) is 0.190. The highest BCUT2D eigenvalue weighted by atomic mass is 19.4. The smallest absolute Gasteiger partial charge is 0.417 e. The molecule has 1 atom stereocenters. The number of aliphatic carboxylic acids is 1. The Morgan fingerprint density at radius 2 is 1.89 bits per heavy atom. The first kappa shape index (κ1) is 18.9. The monoisotopic (exact) mass is 374 g/mol. The lowest BCUT2D eigenvalue weighted by Gasteiger charge is -2.20. The van der Waals surface area contributed by atoms with Gasteiger partial charge in [0.1, 0.15) is 6.10 Å². The van der Waals surface area contributed by atoms with Crippen LogP contribution in [-0.2, 0) is 22.1 Å². The van der Waals surface area contributed by atoms with Crippen molar-refractivity contribution in [2.45, 2.75) is 18.7 Å². The largest absolute Gasteiger partial charge is 0.478 e. The number of epoxide rings is 1. The van der Waals surface area contributed by atoms with Crippen molar-refractivity contribution >= 4 is 12.0 Å². The van der Waals surface area contributed by atoms with Gasteiger partial charge in [0.2, 0.25) is 0 Å². The number of alkyl halides is 3. The van der Waals surface area contributed by atoms with Crippen LogP contribution in [0.15, 0.2) is 55.1 Å². The maximum Gasteiger partial charge on any atom is 0.417 e. The third-order valence-corrected chi connectivity index (χ3v) is 4.27. The SMILES string of the molecule is C=CCc1ccc(-c2ccc(/C=C/C(=O)O)cc2)c(C2CO2)c1C(F)(F)F. The molecule has 1 aliphatic rings. The van der Waals surface area contributed by atoms with Gasteiger partial charge >= 0.3 is 12.1 Å². The predicted octanol–water partition coefficient (Wildman–Crippen LogP) is 5.27. The maximum absolute atomic E-state index is 13.8. The van der Waals surface area contributed by atoms with Crippen molar-refractivity contribution in [3.05, 3.63) is 77.4 Å². The highest BCUT2D eigenvalue weighted by Crippen LogP contribution is 2.46. The van der Waals surface area contributed by atoms with Gasteiger partial charge in [-0.1, -0.05) is 42.5 Å². The zero-order chi connectivity index (χ0) is 19.6. The van der Waals surface area contributed by atoms with Crippen LogP contribution in [0.5, 0.6) is 0 Å². The van der Waals surface area contributed by atoms with E-state index >= 15 is 0 Å². The summed E-state index contributed by atoms with van der Waals surface area (Å²) >= 11 is 0. The van der Waals surface area contributed by atoms with Gasteiger partial charge in [-0.2, -0.15) is 13.2 Å². The van der Waals surface area contributed by atoms with Crippen LogP contribution in [0.25, 0.3) is 17.2 Å². The molecule has 3 nitrogen and oxygen atoms in total. The van der Waals surface area contributed by atoms with Gasteiger partial charge in [-0.3, -0.25) is 0 Å². The van der Waals surface area contributed by atoms with E-state index in [-0.39, 0.29) is 24.2 Å². The quantitative estimate of drug-likeness (QED) is 0.426. The lowest BCUT2D eigenvalue weighted by atomic mass is 9.88. The Morgan fingerprint density at radius 3 is 2.41 bits per heavy atom. The summed E-state index contributed by atoms with van der Waals surface area (Å²) in [5, 5.41) is 8.67. The van der Waals surface area contributed by atoms with Crippen molar-refractivity contribution in [3.63, 3.8) is 0 Å². The second kappa shape index (κ2) is 7.40. The van der Waals surface area contributed by atoms with Crippen molar-refractivity contribution in [1.29, 1.82) is 0 Å². The molecule has 1 unspecified atom stereocenters. The average Bonchev–Trinajstić information content (AvgIpc) is 3.44. The topological polar surface area (TPSA) is 49.8 Å². The lowest BCUT2D eigenvalue weighted by Crippen LogP contribution is -2.14. The first-order valence-electron chi connectivity index (χ1n) is 8.28. The number of carboxylic acid groups (broad SMARTS) is 1. The van der Waals surface area contributed by atoms with Gasteiger partial charge in [0.05, 0.1) is 12.2 Å². The van der Waals surface area contributed by atoms with E-state index in [4.69, 9.17) is 9.84 Å². The molecule has 0 amide bonds. The van der Waals surface area contributed by atoms with Crippen LogP contribution in [0.4, 0.5) is 13.2 Å². The molecule has 1 fully saturated rings. The molecule has 1 saturated heterocycles. The van der Waals surface area contributed by atoms with Crippen molar-refractivity contribution in [2.75, 3.05) is 6.61 Å². The molecule has 0 spiro atoms. The van der Waals surface area contributed by atoms with E-state index in [1.807, 2.05) is 0 Å². The number of hydrogen-bond donors (Lipinski definition) is 1. The lowest BCUT2D eigenvalue weighted by molar-refractivity contribution is -0.139. The normalized spacial score (nSPS) is 16.5. The van der Waals surface area contributed by atoms with Crippen LogP contribution >= 0.6 is 0 Å². The van der Waals surface area contributed by atoms with Crippen LogP contribution in [-0.4, -0.2) is 17.7 Å². The summed E-state index contributed by atoms with van der Waals surface area (Å²) in [4.78, 5) is 10.6. The fourth-order valence-corrected chi connectivity index (χ4v) is 3.07. The Labute approximate surface area is 154 Å². The first-order valence-corrected chi connectivity index (χ1v) is 8.28. The van der Waals surface area contributed by atoms with Crippen LogP contribution in [0.1, 0.15) is 28.4 Å². The van der Waals surface area contributed by atoms with Crippen LogP contribution in [0, 0.1) is 0 Å². The predicted molar refractivity (Wildman–Crippen MR) is 96.1 cm³/mol. The van der Waals surface area contributed by atoms with Crippen LogP contribution in [0.2, 0.25) is 0 Å². The molecule has 1 aliphatic heterocycles. The minimum absolute atomic E-state index is 0.119. The van der Waals surface area contributed by atoms with Crippen LogP contribution in [0.3, 0.4) is 0 Å². The van der Waals surface area contributed by atoms with Crippen LogP contribution < -0.4 is 0 Å². The summed E-state index contributed by atoms with van der Waals surface area (Å²) < 4.78 is 46.6. The van der Waals surface area contributed by atoms with Crippen molar-refractivity contribution in [2.24, 2.45) is 0 Å². The number of benzene rings is 2. The molecular formula is C21H17F3O3. The summed E-state index contributed by atoms with van der Waals surface area (Å²) in [7, 11) is 0. The molecule has 0 aliphatic carbocycles. The first-order chi connectivity index (χ1) is 12.8. The molecule has 0 bridgehead atoms. The maximum atomic E-state index is 13.8. The van der Waals surface area contributed by atoms with Gasteiger partial charge < -0.3 is 9.84 Å². The standard InChI is InChI=1S/C21H17F3O3/c1-2-3-15-9-10-16(19(17-12-27-17)20(15)21(22,23)24)14-7-4-13(5-8-14)6-11-18(25)26/h2,4-11,17H,1,3,12H2,(H,25,26)/b11-6+. The Morgan fingerprint density at radius 1 is 1.22 bits per heavy atom. The van der Waals surface area contributed by atoms with E-state index in [0.717, 1.165) is 6.08 Å². The summed E-state index contributed by atoms with van der Waals surface area (Å²) in [5.74, 6) is -1.07. The molecule has 3 rings (SSSR count). The number of hydrogen-bond acceptors (Lipinski definition) is 2. The van der Waals surface area contributed by atoms with E-state index in [2.05, 4.69) is 6.58 Å². The third kappa shape index (κ3) is 4.28. The number of carbonyl (C=O) groups is 1. The zero-order valence-electron chi connectivity index (χ0n) is 14.3. The van der Waals surface area contributed by atoms with Gasteiger partial charge in [-0.05, 0) is 34.8 Å². The number of rotatable bonds is 6. The molecule has 1 N–H and O–H groups in total. The number of ether oxygens (including phenoxy) is 1. The Bertz CT molecular complexity index is 892. The molecule has 0 saturated carbocycles. The van der Waals surface area contributed by atoms with E-state index in [0.29, 0.717) is 16.7 Å². The highest BCUT2D eigenvalue weighted by molar-refractivity contribution is 5.85. The highest BCUT2D eigenvalue weighted by Gasteiger charge is 2.42. The second-order valence-electron chi connectivity index (χ2n) is 6.17. The number of allylic oxidation sites excluding steroid dienone is 1. The molecular weight excluding hydrogens is 357 g/mol. The third-order valence-electron chi connectivity index (χ3n) is 4.27. The van der Waals surface area contributed by atoms with Gasteiger partial charge in [-0.15, -0.1) is 6.58 Å². The van der Waals surface area contributed by atoms with Gasteiger partial charge in [0.15, 0.2) is 0 Å². The zero-order valence-corrected chi connectivity index (χ0v) is 14.3. The second-order valence-corrected chi connectivity index (χ2v) is 6.17. The molecule has 1 heterocycles. The van der Waals surface area contributed by atoms with E-state index in [1.165, 1.54) is 18.2 Å². The molecule has 27 heavy (non-hydrogen) atoms. The number of halogens is 3. The fourth-order valence-electron chi connectivity index (χ4n) is 3.07. The molecule has 2 aromatic carbocycles. The minimum Gasteiger partial charge on any atom is -0.478 e. The molecule has 140 valence electrons. The summed E-state index contributed by atoms with van der Waals surface area (Å²) in [6, 6.07) is 9.83. The van der Waals surface area contributed by atoms with E-state index < -0.39 is 23.8 Å². The van der Waals surface area contributed by atoms with Crippen molar-refractivity contribution in [1.82, 2.24) is 0 Å². The minimum atomic E-state index is -4.50. The molecule has 0 aromatic heterocycles. The van der Waals surface area contributed by atoms with Crippen molar-refractivity contribution in [3.8, 4) is 11.1 Å². The van der Waals surface area contributed by atoms with Gasteiger partial charge in [-0.25, -0.2) is 4.79 Å². The Balaban J connectivity index is 2.10. The van der Waals surface area contributed by atoms with Gasteiger partial charge in [0.25, 0.3) is 0 Å². The van der Waals surface area contributed by atoms with E-state index in [1.54, 1.807) is 30.3 Å². The van der Waals surface area contributed by atoms with Gasteiger partial charge in [0, 0.05) is 11.6 Å². The van der Waals surface area contributed by atoms with Crippen molar-refractivity contribution < 1.29 is 27.8 Å². The van der Waals surface area contributed by atoms with E-state index in [9.17, 15) is 18.0 Å². The molecule has 0 radical (unpaired) electrons. The summed E-state index contributed by atoms with van der Waals surface area (Å²) in [5.41, 5.74) is 1.39. The summed E-state index contributed by atoms with van der Waals surface area (Å²) in [6.45, 7) is 3.80. The average molecular weight is 374 g/mol.